The highest BCUT2D eigenvalue weighted by Crippen LogP contribution is 2.12. The van der Waals surface area contributed by atoms with Gasteiger partial charge in [-0.3, -0.25) is 14.6 Å². The number of aryl methyl sites for hydroxylation is 1. The molecule has 39 heteroatoms. The maximum absolute atomic E-state index is 10.6. The number of carbonyl (C=O) groups is 3. The van der Waals surface area contributed by atoms with Crippen LogP contribution in [0.5, 0.6) is 0 Å². The van der Waals surface area contributed by atoms with E-state index in [2.05, 4.69) is 134 Å². The second-order valence-corrected chi connectivity index (χ2v) is 18.1. The summed E-state index contributed by atoms with van der Waals surface area (Å²) in [5.41, 5.74) is 92.0. The summed E-state index contributed by atoms with van der Waals surface area (Å²) in [5, 5.41) is 36.6. The first-order chi connectivity index (χ1) is 47.4. The summed E-state index contributed by atoms with van der Waals surface area (Å²) in [7, 11) is 3.87. The number of benzene rings is 4. The molecule has 0 aliphatic rings. The van der Waals surface area contributed by atoms with Gasteiger partial charge in [0, 0.05) is 142 Å². The third kappa shape index (κ3) is 103. The summed E-state index contributed by atoms with van der Waals surface area (Å²) >= 11 is 0. The number of hydrogen-bond donors (Lipinski definition) is 0. The number of pyridine rings is 1. The molecule has 0 aliphatic carbocycles. The van der Waals surface area contributed by atoms with Crippen molar-refractivity contribution in [1.29, 1.82) is 0 Å². The smallest absolute Gasteiger partial charge is 0.141 e. The lowest BCUT2D eigenvalue weighted by atomic mass is 10.2. The number of ketones is 3. The number of azide groups is 11. The van der Waals surface area contributed by atoms with Gasteiger partial charge in [-0.1, -0.05) is 270 Å². The van der Waals surface area contributed by atoms with Crippen molar-refractivity contribution in [1.82, 2.24) is 14.8 Å². The molecule has 0 saturated carbocycles. The second kappa shape index (κ2) is 102. The average Bonchev–Trinajstić information content (AvgIpc) is 0.961. The highest BCUT2D eigenvalue weighted by atomic mass is 16.1. The van der Waals surface area contributed by atoms with Gasteiger partial charge in [0.25, 0.3) is 0 Å². The van der Waals surface area contributed by atoms with Crippen LogP contribution in [0.1, 0.15) is 149 Å². The Morgan fingerprint density at radius 2 is 0.810 bits per heavy atom. The molecule has 1 aromatic heterocycles. The van der Waals surface area contributed by atoms with E-state index in [-0.39, 0.29) is 75.9 Å². The fourth-order valence-corrected chi connectivity index (χ4v) is 5.37. The maximum atomic E-state index is 10.6. The van der Waals surface area contributed by atoms with Crippen LogP contribution in [0.15, 0.2) is 196 Å². The van der Waals surface area contributed by atoms with Gasteiger partial charge in [-0.15, -0.1) is 0 Å². The first-order valence-corrected chi connectivity index (χ1v) is 29.7. The minimum atomic E-state index is -0.500. The Kier molecular flexibility index (Phi) is 119. The van der Waals surface area contributed by atoms with E-state index in [0.29, 0.717) is 82.0 Å². The Morgan fingerprint density at radius 3 is 1.14 bits per heavy atom. The average molecular weight is 1460 g/mol. The van der Waals surface area contributed by atoms with Crippen molar-refractivity contribution >= 4 is 34.4 Å². The fourth-order valence-electron chi connectivity index (χ4n) is 5.37. The molecule has 0 amide bonds. The van der Waals surface area contributed by atoms with E-state index in [0.717, 1.165) is 49.3 Å². The largest absolute Gasteiger partial charge is 0.309 e. The lowest BCUT2D eigenvalue weighted by molar-refractivity contribution is -0.119. The second-order valence-electron chi connectivity index (χ2n) is 18.1. The molecule has 5 aromatic rings. The molecule has 105 heavy (non-hydrogen) atoms. The summed E-state index contributed by atoms with van der Waals surface area (Å²) in [6, 6.07) is 38.4. The lowest BCUT2D eigenvalue weighted by Gasteiger charge is -2.15. The van der Waals surface area contributed by atoms with Crippen LogP contribution in [0.3, 0.4) is 0 Å². The number of Topliss-reactive ketones (excluding diaryl/α,β-unsaturated/α-hetero) is 3. The molecule has 39 nitrogen and oxygen atoms in total. The third-order valence-electron chi connectivity index (χ3n) is 10.4. The number of aromatic nitrogens is 1. The normalized spacial score (nSPS) is 8.04. The molecule has 0 bridgehead atoms. The monoisotopic (exact) mass is 1460 g/mol. The molecule has 4 aromatic carbocycles. The van der Waals surface area contributed by atoms with Crippen LogP contribution in [0.2, 0.25) is 0 Å². The summed E-state index contributed by atoms with van der Waals surface area (Å²) in [6.45, 7) is 21.5. The molecule has 1 heterocycles. The van der Waals surface area contributed by atoms with Crippen LogP contribution in [0.25, 0.3) is 115 Å². The maximum Gasteiger partial charge on any atom is 0.141 e. The number of rotatable bonds is 27. The van der Waals surface area contributed by atoms with Crippen molar-refractivity contribution in [2.24, 2.45) is 56.3 Å². The fraction of sp³-hybridized carbons (Fsp3) is 0.515. The van der Waals surface area contributed by atoms with Crippen LogP contribution in [-0.4, -0.2) is 111 Å². The van der Waals surface area contributed by atoms with Gasteiger partial charge in [0.1, 0.15) is 17.3 Å². The SMILES string of the molecule is C.C.C.C.C.C.C.CC(=O)CCCN=[N+]=[N-].CCC(=O)C(C)N=[N+]=[N-].CCC(=O)CN=[N+]=[N-].CCCN=[N+]=[N-].CCN(CC)CCN=[N+]=[N-].CN(C)CCN=[N+]=[N-].Cc1ccc(N=[N+]=[N-])cc1.[N-]=[N+]=NCc1ccccc1.[N-]=[N+]=NCc1ccccc1.[N-]=[N+]=Nc1ccccc1.[N-]=[N+]=Nc1ccncc1. The Labute approximate surface area is 620 Å². The molecule has 0 saturated heterocycles. The van der Waals surface area contributed by atoms with Crippen molar-refractivity contribution in [3.8, 4) is 0 Å². The van der Waals surface area contributed by atoms with Gasteiger partial charge in [0.15, 0.2) is 0 Å². The van der Waals surface area contributed by atoms with Gasteiger partial charge in [0.2, 0.25) is 0 Å². The highest BCUT2D eigenvalue weighted by molar-refractivity contribution is 5.83. The van der Waals surface area contributed by atoms with Gasteiger partial charge in [-0.25, -0.2) is 0 Å². The molecular formula is C66H114N36O3. The van der Waals surface area contributed by atoms with E-state index in [9.17, 15) is 14.4 Å². The van der Waals surface area contributed by atoms with Crippen LogP contribution < -0.4 is 0 Å². The predicted molar refractivity (Wildman–Crippen MR) is 430 cm³/mol. The van der Waals surface area contributed by atoms with Gasteiger partial charge < -0.3 is 14.6 Å². The number of carbonyl (C=O) groups excluding carboxylic acids is 3. The first kappa shape index (κ1) is 122. The van der Waals surface area contributed by atoms with E-state index in [1.807, 2.05) is 124 Å². The topological polar surface area (TPSA) is 607 Å². The molecule has 0 radical (unpaired) electrons. The van der Waals surface area contributed by atoms with E-state index < -0.39 is 6.04 Å². The number of likely N-dealkylation sites (N-methyl/N-ethyl adjacent to an activating group) is 2. The summed E-state index contributed by atoms with van der Waals surface area (Å²) < 4.78 is 0. The quantitative estimate of drug-likeness (QED) is 0.0213. The van der Waals surface area contributed by atoms with E-state index in [4.69, 9.17) is 60.8 Å². The standard InChI is InChI=1S/3C7H7N3.C6H14N4.C6H5N3.C5H4N4.2C5H9N3O.C4H10N4.C4H7N3O.C3H7N3.7CH4/c1-6-2-4-7(5-3-6)9-10-8;2*8-10-9-6-7-4-2-1-3-5-7;1-3-10(4-2)6-5-8-9-7;7-9-8-6-4-2-1-3-5-6;6-9-8-5-1-3-7-4-2-5;1-5(9)3-2-4-7-8-6;1-3-5(9)4(2)7-8-6;1-8(2)4-3-6-7-5;1-2-4(8)3-6-7-5;1-2-3-5-6-4;;;;;;;/h2-5H,1H3;2*1-5H,6H2;3-6H2,1-2H3;1-5H;1-4H;2-4H2,1H3;4H,3H2,1-2H3;3-4H2,1-2H3;2-3H2,1H3;2-3H2,1H3;7*1H4. The minimum absolute atomic E-state index is 0. The van der Waals surface area contributed by atoms with E-state index >= 15 is 0 Å². The molecule has 5 rings (SSSR count). The minimum Gasteiger partial charge on any atom is -0.309 e. The zero-order valence-electron chi connectivity index (χ0n) is 57.0. The third-order valence-corrected chi connectivity index (χ3v) is 10.4. The molecular weight excluding hydrogens is 1340 g/mol. The zero-order chi connectivity index (χ0) is 74.8. The molecule has 1 unspecified atom stereocenters. The highest BCUT2D eigenvalue weighted by Gasteiger charge is 2.06. The van der Waals surface area contributed by atoms with Crippen molar-refractivity contribution < 1.29 is 14.4 Å². The van der Waals surface area contributed by atoms with Gasteiger partial charge >= 0.3 is 0 Å². The van der Waals surface area contributed by atoms with Crippen molar-refractivity contribution in [2.45, 2.75) is 159 Å². The van der Waals surface area contributed by atoms with Crippen molar-refractivity contribution in [3.63, 3.8) is 0 Å². The molecule has 0 N–H and O–H groups in total. The number of hydrogen-bond acceptors (Lipinski definition) is 17. The van der Waals surface area contributed by atoms with Gasteiger partial charge in [-0.05, 0) is 138 Å². The van der Waals surface area contributed by atoms with Crippen LogP contribution >= 0.6 is 0 Å². The summed E-state index contributed by atoms with van der Waals surface area (Å²) in [4.78, 5) is 67.7. The van der Waals surface area contributed by atoms with Crippen molar-refractivity contribution in [3.05, 3.63) is 271 Å². The van der Waals surface area contributed by atoms with Gasteiger partial charge in [-0.2, -0.15) is 0 Å². The molecule has 0 aliphatic heterocycles. The Morgan fingerprint density at radius 1 is 0.438 bits per heavy atom. The number of nitrogens with zero attached hydrogens (tertiary/aromatic N) is 36. The van der Waals surface area contributed by atoms with E-state index in [1.165, 1.54) is 6.92 Å². The Bertz CT molecular complexity index is 3300. The van der Waals surface area contributed by atoms with Crippen LogP contribution in [0.4, 0.5) is 17.1 Å². The lowest BCUT2D eigenvalue weighted by Crippen LogP contribution is -2.25. The molecule has 576 valence electrons. The summed E-state index contributed by atoms with van der Waals surface area (Å²) in [5.74, 6) is 0.0961. The first-order valence-electron chi connectivity index (χ1n) is 29.7. The zero-order valence-corrected chi connectivity index (χ0v) is 57.0. The molecule has 0 spiro atoms. The molecule has 0 fully saturated rings. The summed E-state index contributed by atoms with van der Waals surface area (Å²) in [6.07, 6.45) is 6.13. The Balaban J connectivity index is -0.0000000803. The van der Waals surface area contributed by atoms with Gasteiger partial charge in [0.05, 0.1) is 25.7 Å². The van der Waals surface area contributed by atoms with Crippen molar-refractivity contribution in [2.75, 3.05) is 73.0 Å². The Hall–Kier alpha value is -12.6. The van der Waals surface area contributed by atoms with Crippen LogP contribution in [-0.2, 0) is 27.5 Å². The predicted octanol–water partition coefficient (Wildman–Crippen LogP) is 25.8. The van der Waals surface area contributed by atoms with Crippen LogP contribution in [0, 0.1) is 6.92 Å². The van der Waals surface area contributed by atoms with E-state index in [1.54, 1.807) is 69.6 Å². The molecule has 1 atom stereocenters.